The van der Waals surface area contributed by atoms with Crippen LogP contribution in [0.2, 0.25) is 0 Å². The second-order valence-electron chi connectivity index (χ2n) is 4.89. The SMILES string of the molecule is NS(=O)(=O)c1cc(C(=O)NCC2CCCCO2)ccc1Br. The Morgan fingerprint density at radius 1 is 1.43 bits per heavy atom. The molecule has 0 saturated carbocycles. The lowest BCUT2D eigenvalue weighted by Crippen LogP contribution is -2.35. The van der Waals surface area contributed by atoms with Gasteiger partial charge in [0.2, 0.25) is 10.0 Å². The van der Waals surface area contributed by atoms with Gasteiger partial charge in [-0.15, -0.1) is 0 Å². The second kappa shape index (κ2) is 6.87. The zero-order valence-corrected chi connectivity index (χ0v) is 13.7. The van der Waals surface area contributed by atoms with Crippen LogP contribution in [0.25, 0.3) is 0 Å². The van der Waals surface area contributed by atoms with E-state index in [1.165, 1.54) is 18.2 Å². The third-order valence-corrected chi connectivity index (χ3v) is 5.17. The summed E-state index contributed by atoms with van der Waals surface area (Å²) in [6, 6.07) is 4.29. The summed E-state index contributed by atoms with van der Waals surface area (Å²) in [5.41, 5.74) is 0.248. The van der Waals surface area contributed by atoms with Crippen LogP contribution in [-0.4, -0.2) is 33.6 Å². The lowest BCUT2D eigenvalue weighted by Gasteiger charge is -2.22. The molecule has 1 fully saturated rings. The van der Waals surface area contributed by atoms with Gasteiger partial charge in [0.25, 0.3) is 5.91 Å². The predicted octanol–water partition coefficient (Wildman–Crippen LogP) is 1.40. The van der Waals surface area contributed by atoms with Crippen molar-refractivity contribution in [2.24, 2.45) is 5.14 Å². The van der Waals surface area contributed by atoms with E-state index in [-0.39, 0.29) is 22.5 Å². The number of carbonyl (C=O) groups excluding carboxylic acids is 1. The number of nitrogens with one attached hydrogen (secondary N) is 1. The van der Waals surface area contributed by atoms with E-state index >= 15 is 0 Å². The van der Waals surface area contributed by atoms with E-state index in [2.05, 4.69) is 21.2 Å². The van der Waals surface area contributed by atoms with E-state index in [4.69, 9.17) is 9.88 Å². The molecule has 1 aliphatic rings. The number of hydrogen-bond donors (Lipinski definition) is 2. The largest absolute Gasteiger partial charge is 0.376 e. The maximum absolute atomic E-state index is 12.1. The van der Waals surface area contributed by atoms with E-state index in [1.54, 1.807) is 0 Å². The molecule has 1 atom stereocenters. The molecule has 8 heteroatoms. The van der Waals surface area contributed by atoms with Gasteiger partial charge in [-0.25, -0.2) is 13.6 Å². The van der Waals surface area contributed by atoms with Crippen molar-refractivity contribution in [3.8, 4) is 0 Å². The number of halogens is 1. The Morgan fingerprint density at radius 2 is 2.19 bits per heavy atom. The van der Waals surface area contributed by atoms with Gasteiger partial charge in [0.1, 0.15) is 0 Å². The van der Waals surface area contributed by atoms with Gasteiger partial charge in [0, 0.05) is 23.2 Å². The number of nitrogens with two attached hydrogens (primary N) is 1. The molecule has 1 unspecified atom stereocenters. The summed E-state index contributed by atoms with van der Waals surface area (Å²) in [4.78, 5) is 12.0. The van der Waals surface area contributed by atoms with Gasteiger partial charge >= 0.3 is 0 Å². The molecule has 0 radical (unpaired) electrons. The Bertz CT molecular complexity index is 627. The first-order chi connectivity index (χ1) is 9.88. The van der Waals surface area contributed by atoms with Crippen molar-refractivity contribution >= 4 is 31.9 Å². The van der Waals surface area contributed by atoms with Crippen LogP contribution in [0.5, 0.6) is 0 Å². The van der Waals surface area contributed by atoms with E-state index in [0.717, 1.165) is 19.3 Å². The van der Waals surface area contributed by atoms with E-state index in [0.29, 0.717) is 17.6 Å². The number of primary sulfonamides is 1. The predicted molar refractivity (Wildman–Crippen MR) is 81.4 cm³/mol. The van der Waals surface area contributed by atoms with Gasteiger partial charge in [-0.05, 0) is 53.4 Å². The molecule has 3 N–H and O–H groups in total. The van der Waals surface area contributed by atoms with Crippen LogP contribution in [-0.2, 0) is 14.8 Å². The zero-order valence-electron chi connectivity index (χ0n) is 11.3. The molecule has 1 aliphatic heterocycles. The summed E-state index contributed by atoms with van der Waals surface area (Å²) >= 11 is 3.11. The smallest absolute Gasteiger partial charge is 0.251 e. The first-order valence-electron chi connectivity index (χ1n) is 6.60. The molecule has 0 aromatic heterocycles. The van der Waals surface area contributed by atoms with Crippen LogP contribution >= 0.6 is 15.9 Å². The molecule has 116 valence electrons. The van der Waals surface area contributed by atoms with Gasteiger partial charge in [-0.2, -0.15) is 0 Å². The topological polar surface area (TPSA) is 98.5 Å². The minimum atomic E-state index is -3.88. The second-order valence-corrected chi connectivity index (χ2v) is 7.27. The standard InChI is InChI=1S/C13H17BrN2O4S/c14-11-5-4-9(7-12(11)21(15,18)19)13(17)16-8-10-3-1-2-6-20-10/h4-5,7,10H,1-3,6,8H2,(H,16,17)(H2,15,18,19). The summed E-state index contributed by atoms with van der Waals surface area (Å²) in [5, 5.41) is 7.86. The molecular weight excluding hydrogens is 360 g/mol. The number of ether oxygens (including phenoxy) is 1. The van der Waals surface area contributed by atoms with Crippen molar-refractivity contribution in [1.82, 2.24) is 5.32 Å². The maximum atomic E-state index is 12.1. The molecule has 0 aliphatic carbocycles. The quantitative estimate of drug-likeness (QED) is 0.829. The molecule has 6 nitrogen and oxygen atoms in total. The summed E-state index contributed by atoms with van der Waals surface area (Å²) in [6.45, 7) is 1.13. The Balaban J connectivity index is 2.05. The highest BCUT2D eigenvalue weighted by molar-refractivity contribution is 9.10. The minimum Gasteiger partial charge on any atom is -0.376 e. The highest BCUT2D eigenvalue weighted by atomic mass is 79.9. The highest BCUT2D eigenvalue weighted by Crippen LogP contribution is 2.22. The third-order valence-electron chi connectivity index (χ3n) is 3.26. The first kappa shape index (κ1) is 16.4. The molecular formula is C13H17BrN2O4S. The van der Waals surface area contributed by atoms with Crippen molar-refractivity contribution in [2.75, 3.05) is 13.2 Å². The molecule has 2 rings (SSSR count). The van der Waals surface area contributed by atoms with Gasteiger partial charge in [0.15, 0.2) is 0 Å². The van der Waals surface area contributed by atoms with Crippen LogP contribution in [0.4, 0.5) is 0 Å². The fourth-order valence-corrected chi connectivity index (χ4v) is 3.69. The molecule has 0 spiro atoms. The number of carbonyl (C=O) groups is 1. The monoisotopic (exact) mass is 376 g/mol. The molecule has 0 bridgehead atoms. The van der Waals surface area contributed by atoms with Crippen LogP contribution in [0, 0.1) is 0 Å². The number of hydrogen-bond acceptors (Lipinski definition) is 4. The summed E-state index contributed by atoms with van der Waals surface area (Å²) in [5.74, 6) is -0.346. The lowest BCUT2D eigenvalue weighted by atomic mass is 10.1. The lowest BCUT2D eigenvalue weighted by molar-refractivity contribution is 0.0169. The molecule has 21 heavy (non-hydrogen) atoms. The van der Waals surface area contributed by atoms with Gasteiger partial charge in [-0.3, -0.25) is 4.79 Å². The van der Waals surface area contributed by atoms with Crippen LogP contribution in [0.1, 0.15) is 29.6 Å². The third kappa shape index (κ3) is 4.50. The maximum Gasteiger partial charge on any atom is 0.251 e. The van der Waals surface area contributed by atoms with Gasteiger partial charge in [-0.1, -0.05) is 0 Å². The Kier molecular flexibility index (Phi) is 5.37. The number of amides is 1. The van der Waals surface area contributed by atoms with E-state index in [9.17, 15) is 13.2 Å². The number of rotatable bonds is 4. The van der Waals surface area contributed by atoms with Crippen molar-refractivity contribution in [3.05, 3.63) is 28.2 Å². The fraction of sp³-hybridized carbons (Fsp3) is 0.462. The van der Waals surface area contributed by atoms with E-state index in [1.807, 2.05) is 0 Å². The average molecular weight is 377 g/mol. The average Bonchev–Trinajstić information content (AvgIpc) is 2.45. The fourth-order valence-electron chi connectivity index (χ4n) is 2.14. The van der Waals surface area contributed by atoms with Crippen molar-refractivity contribution in [1.29, 1.82) is 0 Å². The van der Waals surface area contributed by atoms with Crippen molar-refractivity contribution in [2.45, 2.75) is 30.3 Å². The Morgan fingerprint density at radius 3 is 2.81 bits per heavy atom. The van der Waals surface area contributed by atoms with Crippen molar-refractivity contribution in [3.63, 3.8) is 0 Å². The molecule has 1 aromatic carbocycles. The Labute approximate surface area is 132 Å². The summed E-state index contributed by atoms with van der Waals surface area (Å²) in [7, 11) is -3.88. The van der Waals surface area contributed by atoms with Crippen molar-refractivity contribution < 1.29 is 17.9 Å². The number of sulfonamides is 1. The molecule has 1 saturated heterocycles. The molecule has 1 aromatic rings. The number of benzene rings is 1. The summed E-state index contributed by atoms with van der Waals surface area (Å²) in [6.07, 6.45) is 3.09. The molecule has 1 amide bonds. The van der Waals surface area contributed by atoms with Gasteiger partial charge < -0.3 is 10.1 Å². The Hall–Kier alpha value is -0.960. The van der Waals surface area contributed by atoms with E-state index < -0.39 is 10.0 Å². The first-order valence-corrected chi connectivity index (χ1v) is 8.94. The molecule has 1 heterocycles. The zero-order chi connectivity index (χ0) is 15.5. The van der Waals surface area contributed by atoms with Crippen LogP contribution in [0.15, 0.2) is 27.6 Å². The van der Waals surface area contributed by atoms with Crippen LogP contribution in [0.3, 0.4) is 0 Å². The van der Waals surface area contributed by atoms with Gasteiger partial charge in [0.05, 0.1) is 11.0 Å². The summed E-state index contributed by atoms with van der Waals surface area (Å²) < 4.78 is 28.7. The van der Waals surface area contributed by atoms with Crippen LogP contribution < -0.4 is 10.5 Å². The highest BCUT2D eigenvalue weighted by Gasteiger charge is 2.18. The minimum absolute atomic E-state index is 0.0239. The normalized spacial score (nSPS) is 19.2.